The van der Waals surface area contributed by atoms with Gasteiger partial charge in [-0.05, 0) is 77.9 Å². The van der Waals surface area contributed by atoms with Crippen molar-refractivity contribution in [3.05, 3.63) is 107 Å². The maximum absolute atomic E-state index is 12.9. The van der Waals surface area contributed by atoms with Crippen molar-refractivity contribution in [2.75, 3.05) is 6.61 Å². The molecule has 0 aliphatic rings. The topological polar surface area (TPSA) is 35.5 Å². The molecule has 4 heteroatoms. The highest BCUT2D eigenvalue weighted by Crippen LogP contribution is 2.30. The van der Waals surface area contributed by atoms with Crippen LogP contribution in [-0.4, -0.2) is 12.6 Å². The summed E-state index contributed by atoms with van der Waals surface area (Å²) in [4.78, 5) is 12.9. The van der Waals surface area contributed by atoms with Crippen molar-refractivity contribution in [3.8, 4) is 33.8 Å². The van der Waals surface area contributed by atoms with E-state index < -0.39 is 5.97 Å². The van der Waals surface area contributed by atoms with Crippen molar-refractivity contribution < 1.29 is 14.3 Å². The van der Waals surface area contributed by atoms with Gasteiger partial charge in [0, 0.05) is 10.6 Å². The van der Waals surface area contributed by atoms with Crippen LogP contribution in [0, 0.1) is 0 Å². The Bertz CT molecular complexity index is 1380. The van der Waals surface area contributed by atoms with E-state index in [1.54, 1.807) is 12.1 Å². The minimum Gasteiger partial charge on any atom is -0.494 e. The van der Waals surface area contributed by atoms with E-state index in [9.17, 15) is 4.79 Å². The van der Waals surface area contributed by atoms with Gasteiger partial charge in [-0.1, -0.05) is 125 Å². The lowest BCUT2D eigenvalue weighted by Gasteiger charge is -2.10. The van der Waals surface area contributed by atoms with Crippen molar-refractivity contribution in [2.45, 2.75) is 78.1 Å². The fourth-order valence-electron chi connectivity index (χ4n) is 5.00. The molecule has 0 N–H and O–H groups in total. The number of rotatable bonds is 16. The molecule has 4 aromatic carbocycles. The first-order chi connectivity index (χ1) is 20.6. The average Bonchev–Trinajstić information content (AvgIpc) is 3.02. The van der Waals surface area contributed by atoms with E-state index in [-0.39, 0.29) is 0 Å². The van der Waals surface area contributed by atoms with Gasteiger partial charge in [0.05, 0.1) is 12.2 Å². The number of benzene rings is 4. The molecule has 220 valence electrons. The molecule has 0 saturated heterocycles. The first-order valence-electron chi connectivity index (χ1n) is 15.5. The zero-order valence-corrected chi connectivity index (χ0v) is 25.8. The summed E-state index contributed by atoms with van der Waals surface area (Å²) in [6.07, 6.45) is 12.3. The van der Waals surface area contributed by atoms with Crippen LogP contribution in [0.15, 0.2) is 91.0 Å². The maximum atomic E-state index is 12.9. The SMILES string of the molecule is CCCCCCCOc1ccc(-c2ccc(OC(=O)c3ccc(-c4ccc(CCCCCC)cc4)c(Cl)c3)cc2)cc1. The second kappa shape index (κ2) is 16.8. The molecule has 0 amide bonds. The number of carbonyl (C=O) groups is 1. The second-order valence-electron chi connectivity index (χ2n) is 10.9. The highest BCUT2D eigenvalue weighted by Gasteiger charge is 2.13. The minimum atomic E-state index is -0.435. The summed E-state index contributed by atoms with van der Waals surface area (Å²) in [6, 6.07) is 29.5. The van der Waals surface area contributed by atoms with Crippen molar-refractivity contribution in [3.63, 3.8) is 0 Å². The molecular weight excluding hydrogens is 540 g/mol. The second-order valence-corrected chi connectivity index (χ2v) is 11.3. The Labute approximate surface area is 256 Å². The van der Waals surface area contributed by atoms with Gasteiger partial charge in [0.2, 0.25) is 0 Å². The van der Waals surface area contributed by atoms with E-state index in [0.717, 1.165) is 47.5 Å². The molecule has 0 atom stereocenters. The third-order valence-corrected chi connectivity index (χ3v) is 7.87. The van der Waals surface area contributed by atoms with Crippen LogP contribution in [0.3, 0.4) is 0 Å². The zero-order chi connectivity index (χ0) is 29.6. The average molecular weight is 583 g/mol. The van der Waals surface area contributed by atoms with Gasteiger partial charge in [-0.2, -0.15) is 0 Å². The number of unbranched alkanes of at least 4 members (excludes halogenated alkanes) is 7. The number of hydrogen-bond donors (Lipinski definition) is 0. The van der Waals surface area contributed by atoms with Crippen molar-refractivity contribution in [1.82, 2.24) is 0 Å². The lowest BCUT2D eigenvalue weighted by molar-refractivity contribution is 0.0735. The Morgan fingerprint density at radius 3 is 1.81 bits per heavy atom. The molecule has 0 heterocycles. The number of ether oxygens (including phenoxy) is 2. The minimum absolute atomic E-state index is 0.418. The summed E-state index contributed by atoms with van der Waals surface area (Å²) >= 11 is 6.61. The fourth-order valence-corrected chi connectivity index (χ4v) is 5.29. The number of carbonyl (C=O) groups excluding carboxylic acids is 1. The largest absolute Gasteiger partial charge is 0.494 e. The first-order valence-corrected chi connectivity index (χ1v) is 15.9. The van der Waals surface area contributed by atoms with Crippen LogP contribution in [0.4, 0.5) is 0 Å². The highest BCUT2D eigenvalue weighted by atomic mass is 35.5. The molecule has 0 spiro atoms. The smallest absolute Gasteiger partial charge is 0.343 e. The Morgan fingerprint density at radius 1 is 0.619 bits per heavy atom. The Morgan fingerprint density at radius 2 is 1.19 bits per heavy atom. The lowest BCUT2D eigenvalue weighted by Crippen LogP contribution is -2.08. The predicted octanol–water partition coefficient (Wildman–Crippen LogP) is 11.4. The van der Waals surface area contributed by atoms with Crippen molar-refractivity contribution in [2.24, 2.45) is 0 Å². The maximum Gasteiger partial charge on any atom is 0.343 e. The zero-order valence-electron chi connectivity index (χ0n) is 25.0. The summed E-state index contributed by atoms with van der Waals surface area (Å²) in [6.45, 7) is 5.21. The number of hydrogen-bond acceptors (Lipinski definition) is 3. The Balaban J connectivity index is 1.29. The molecule has 0 saturated carbocycles. The highest BCUT2D eigenvalue weighted by molar-refractivity contribution is 6.33. The number of esters is 1. The van der Waals surface area contributed by atoms with Gasteiger partial charge in [-0.3, -0.25) is 0 Å². The Hall–Kier alpha value is -3.56. The van der Waals surface area contributed by atoms with Gasteiger partial charge >= 0.3 is 5.97 Å². The van der Waals surface area contributed by atoms with Gasteiger partial charge in [0.25, 0.3) is 0 Å². The number of aryl methyl sites for hydroxylation is 1. The summed E-state index contributed by atoms with van der Waals surface area (Å²) in [5.74, 6) is 0.940. The van der Waals surface area contributed by atoms with Crippen LogP contribution in [0.25, 0.3) is 22.3 Å². The van der Waals surface area contributed by atoms with Gasteiger partial charge in [0.15, 0.2) is 0 Å². The molecule has 3 nitrogen and oxygen atoms in total. The number of halogens is 1. The molecule has 0 radical (unpaired) electrons. The van der Waals surface area contributed by atoms with Crippen LogP contribution in [0.1, 0.15) is 87.6 Å². The van der Waals surface area contributed by atoms with E-state index in [0.29, 0.717) is 16.3 Å². The quantitative estimate of drug-likeness (QED) is 0.0748. The van der Waals surface area contributed by atoms with Gasteiger partial charge in [-0.25, -0.2) is 4.79 Å². The molecular formula is C38H43ClO3. The van der Waals surface area contributed by atoms with Gasteiger partial charge in [0.1, 0.15) is 11.5 Å². The molecule has 0 aliphatic heterocycles. The van der Waals surface area contributed by atoms with E-state index >= 15 is 0 Å². The summed E-state index contributed by atoms with van der Waals surface area (Å²) in [5.41, 5.74) is 5.82. The van der Waals surface area contributed by atoms with Gasteiger partial charge < -0.3 is 9.47 Å². The monoisotopic (exact) mass is 582 g/mol. The van der Waals surface area contributed by atoms with E-state index in [1.165, 1.54) is 56.9 Å². The molecule has 0 fully saturated rings. The van der Waals surface area contributed by atoms with Crippen LogP contribution >= 0.6 is 11.6 Å². The third-order valence-electron chi connectivity index (χ3n) is 7.56. The predicted molar refractivity (Wildman–Crippen MR) is 176 cm³/mol. The van der Waals surface area contributed by atoms with Crippen LogP contribution in [-0.2, 0) is 6.42 Å². The van der Waals surface area contributed by atoms with Gasteiger partial charge in [-0.15, -0.1) is 0 Å². The Kier molecular flexibility index (Phi) is 12.5. The normalized spacial score (nSPS) is 10.9. The van der Waals surface area contributed by atoms with E-state index in [1.807, 2.05) is 42.5 Å². The summed E-state index contributed by atoms with van der Waals surface area (Å²) < 4.78 is 11.5. The van der Waals surface area contributed by atoms with Crippen molar-refractivity contribution >= 4 is 17.6 Å². The molecule has 4 aromatic rings. The summed E-state index contributed by atoms with van der Waals surface area (Å²) in [7, 11) is 0. The lowest BCUT2D eigenvalue weighted by atomic mass is 10.00. The van der Waals surface area contributed by atoms with Crippen LogP contribution in [0.5, 0.6) is 11.5 Å². The first kappa shape index (κ1) is 31.4. The molecule has 0 aromatic heterocycles. The molecule has 42 heavy (non-hydrogen) atoms. The molecule has 0 unspecified atom stereocenters. The molecule has 4 rings (SSSR count). The summed E-state index contributed by atoms with van der Waals surface area (Å²) in [5, 5.41) is 0.527. The molecule has 0 aliphatic carbocycles. The van der Waals surface area contributed by atoms with Crippen LogP contribution < -0.4 is 9.47 Å². The van der Waals surface area contributed by atoms with E-state index in [4.69, 9.17) is 21.1 Å². The third kappa shape index (κ3) is 9.49. The standard InChI is InChI=1S/C38H43ClO3/c1-3-5-7-9-11-27-41-34-22-17-30(18-23-34)31-19-24-35(25-20-31)42-38(40)33-21-26-36(37(39)28-33)32-15-13-29(14-16-32)12-10-8-6-4-2/h13-26,28H,3-12,27H2,1-2H3. The molecule has 0 bridgehead atoms. The van der Waals surface area contributed by atoms with E-state index in [2.05, 4.69) is 50.2 Å². The van der Waals surface area contributed by atoms with Crippen LogP contribution in [0.2, 0.25) is 5.02 Å². The van der Waals surface area contributed by atoms with Crippen molar-refractivity contribution in [1.29, 1.82) is 0 Å². The fraction of sp³-hybridized carbons (Fsp3) is 0.342.